The molecule has 1 saturated carbocycles. The standard InChI is InChI=1S/C15H30N2O2/c1-11(2)13-6-5-7-14(10-13)17-12(3)15(18)16-8-9-19-4/h11-14,17H,5-10H2,1-4H3,(H,16,18). The van der Waals surface area contributed by atoms with Gasteiger partial charge in [0.2, 0.25) is 5.91 Å². The second-order valence-electron chi connectivity index (χ2n) is 6.04. The molecule has 4 heteroatoms. The van der Waals surface area contributed by atoms with Gasteiger partial charge in [-0.15, -0.1) is 0 Å². The summed E-state index contributed by atoms with van der Waals surface area (Å²) in [6.07, 6.45) is 5.01. The lowest BCUT2D eigenvalue weighted by Gasteiger charge is -2.33. The highest BCUT2D eigenvalue weighted by Gasteiger charge is 2.26. The van der Waals surface area contributed by atoms with Gasteiger partial charge in [0.1, 0.15) is 0 Å². The van der Waals surface area contributed by atoms with Crippen LogP contribution in [0.1, 0.15) is 46.5 Å². The third-order valence-corrected chi connectivity index (χ3v) is 4.14. The minimum absolute atomic E-state index is 0.0729. The van der Waals surface area contributed by atoms with Crippen LogP contribution in [0.4, 0.5) is 0 Å². The summed E-state index contributed by atoms with van der Waals surface area (Å²) in [6.45, 7) is 7.70. The van der Waals surface area contributed by atoms with Gasteiger partial charge in [-0.2, -0.15) is 0 Å². The number of ether oxygens (including phenoxy) is 1. The van der Waals surface area contributed by atoms with E-state index in [0.29, 0.717) is 19.2 Å². The van der Waals surface area contributed by atoms with Gasteiger partial charge in [-0.25, -0.2) is 0 Å². The first-order valence-electron chi connectivity index (χ1n) is 7.57. The number of carbonyl (C=O) groups is 1. The summed E-state index contributed by atoms with van der Waals surface area (Å²) in [5.74, 6) is 1.62. The molecule has 1 rings (SSSR count). The number of hydrogen-bond acceptors (Lipinski definition) is 3. The SMILES string of the molecule is COCCNC(=O)C(C)NC1CCCC(C(C)C)C1. The Morgan fingerprint density at radius 3 is 2.68 bits per heavy atom. The van der Waals surface area contributed by atoms with Crippen molar-refractivity contribution >= 4 is 5.91 Å². The van der Waals surface area contributed by atoms with Crippen molar-refractivity contribution in [3.8, 4) is 0 Å². The van der Waals surface area contributed by atoms with Gasteiger partial charge in [0, 0.05) is 19.7 Å². The van der Waals surface area contributed by atoms with Crippen LogP contribution in [0.15, 0.2) is 0 Å². The summed E-state index contributed by atoms with van der Waals surface area (Å²) in [4.78, 5) is 11.9. The summed E-state index contributed by atoms with van der Waals surface area (Å²) in [7, 11) is 1.64. The molecule has 0 heterocycles. The van der Waals surface area contributed by atoms with E-state index in [1.54, 1.807) is 7.11 Å². The fraction of sp³-hybridized carbons (Fsp3) is 0.933. The van der Waals surface area contributed by atoms with Gasteiger partial charge < -0.3 is 15.4 Å². The van der Waals surface area contributed by atoms with Gasteiger partial charge >= 0.3 is 0 Å². The highest BCUT2D eigenvalue weighted by Crippen LogP contribution is 2.30. The van der Waals surface area contributed by atoms with Crippen molar-refractivity contribution in [3.05, 3.63) is 0 Å². The Hall–Kier alpha value is -0.610. The Bertz CT molecular complexity index is 269. The molecule has 0 spiro atoms. The molecule has 0 aliphatic heterocycles. The van der Waals surface area contributed by atoms with E-state index in [4.69, 9.17) is 4.74 Å². The molecule has 4 nitrogen and oxygen atoms in total. The van der Waals surface area contributed by atoms with Gasteiger partial charge in [0.05, 0.1) is 12.6 Å². The van der Waals surface area contributed by atoms with E-state index in [9.17, 15) is 4.79 Å². The van der Waals surface area contributed by atoms with Crippen LogP contribution in [-0.4, -0.2) is 38.3 Å². The van der Waals surface area contributed by atoms with Crippen molar-refractivity contribution in [2.24, 2.45) is 11.8 Å². The number of methoxy groups -OCH3 is 1. The monoisotopic (exact) mass is 270 g/mol. The van der Waals surface area contributed by atoms with E-state index < -0.39 is 0 Å². The first kappa shape index (κ1) is 16.4. The molecule has 3 atom stereocenters. The molecule has 2 N–H and O–H groups in total. The average Bonchev–Trinajstić information content (AvgIpc) is 2.39. The third kappa shape index (κ3) is 5.91. The molecular formula is C15H30N2O2. The zero-order valence-electron chi connectivity index (χ0n) is 12.9. The largest absolute Gasteiger partial charge is 0.383 e. The molecular weight excluding hydrogens is 240 g/mol. The van der Waals surface area contributed by atoms with Crippen LogP contribution < -0.4 is 10.6 Å². The second kappa shape index (κ2) is 8.54. The quantitative estimate of drug-likeness (QED) is 0.695. The molecule has 0 bridgehead atoms. The lowest BCUT2D eigenvalue weighted by molar-refractivity contribution is -0.123. The van der Waals surface area contributed by atoms with E-state index >= 15 is 0 Å². The molecule has 0 aromatic carbocycles. The number of nitrogens with one attached hydrogen (secondary N) is 2. The Balaban J connectivity index is 2.30. The summed E-state index contributed by atoms with van der Waals surface area (Å²) >= 11 is 0. The minimum atomic E-state index is -0.118. The Morgan fingerprint density at radius 1 is 1.32 bits per heavy atom. The summed E-state index contributed by atoms with van der Waals surface area (Å²) in [6, 6.07) is 0.372. The fourth-order valence-corrected chi connectivity index (χ4v) is 2.84. The van der Waals surface area contributed by atoms with Crippen molar-refractivity contribution < 1.29 is 9.53 Å². The number of hydrogen-bond donors (Lipinski definition) is 2. The molecule has 0 aromatic heterocycles. The zero-order chi connectivity index (χ0) is 14.3. The lowest BCUT2D eigenvalue weighted by Crippen LogP contribution is -2.48. The molecule has 1 amide bonds. The minimum Gasteiger partial charge on any atom is -0.383 e. The van der Waals surface area contributed by atoms with E-state index in [1.165, 1.54) is 25.7 Å². The predicted molar refractivity (Wildman–Crippen MR) is 78.1 cm³/mol. The zero-order valence-corrected chi connectivity index (χ0v) is 12.9. The number of rotatable bonds is 7. The predicted octanol–water partition coefficient (Wildman–Crippen LogP) is 1.94. The maximum absolute atomic E-state index is 11.9. The highest BCUT2D eigenvalue weighted by atomic mass is 16.5. The van der Waals surface area contributed by atoms with E-state index in [1.807, 2.05) is 6.92 Å². The van der Waals surface area contributed by atoms with Crippen LogP contribution in [0, 0.1) is 11.8 Å². The van der Waals surface area contributed by atoms with E-state index in [0.717, 1.165) is 11.8 Å². The van der Waals surface area contributed by atoms with Gasteiger partial charge in [-0.3, -0.25) is 4.79 Å². The van der Waals surface area contributed by atoms with Gasteiger partial charge in [-0.05, 0) is 31.6 Å². The molecule has 0 radical (unpaired) electrons. The Labute approximate surface area is 117 Å². The van der Waals surface area contributed by atoms with Crippen LogP contribution in [0.2, 0.25) is 0 Å². The molecule has 112 valence electrons. The van der Waals surface area contributed by atoms with Gasteiger partial charge in [-0.1, -0.05) is 26.7 Å². The first-order valence-corrected chi connectivity index (χ1v) is 7.57. The molecule has 1 fully saturated rings. The van der Waals surface area contributed by atoms with Crippen molar-refractivity contribution in [2.45, 2.75) is 58.5 Å². The molecule has 1 aliphatic carbocycles. The second-order valence-corrected chi connectivity index (χ2v) is 6.04. The maximum atomic E-state index is 11.9. The third-order valence-electron chi connectivity index (χ3n) is 4.14. The Morgan fingerprint density at radius 2 is 2.05 bits per heavy atom. The number of carbonyl (C=O) groups excluding carboxylic acids is 1. The maximum Gasteiger partial charge on any atom is 0.236 e. The summed E-state index contributed by atoms with van der Waals surface area (Å²) in [5.41, 5.74) is 0. The van der Waals surface area contributed by atoms with Crippen molar-refractivity contribution in [2.75, 3.05) is 20.3 Å². The normalized spacial score (nSPS) is 25.3. The summed E-state index contributed by atoms with van der Waals surface area (Å²) in [5, 5.41) is 6.36. The molecule has 3 unspecified atom stereocenters. The number of amides is 1. The molecule has 0 aromatic rings. The van der Waals surface area contributed by atoms with Gasteiger partial charge in [0.15, 0.2) is 0 Å². The Kier molecular flexibility index (Phi) is 7.39. The van der Waals surface area contributed by atoms with Crippen molar-refractivity contribution in [1.29, 1.82) is 0 Å². The fourth-order valence-electron chi connectivity index (χ4n) is 2.84. The van der Waals surface area contributed by atoms with Crippen LogP contribution >= 0.6 is 0 Å². The van der Waals surface area contributed by atoms with Crippen molar-refractivity contribution in [1.82, 2.24) is 10.6 Å². The molecule has 19 heavy (non-hydrogen) atoms. The van der Waals surface area contributed by atoms with Crippen LogP contribution in [-0.2, 0) is 9.53 Å². The van der Waals surface area contributed by atoms with Crippen LogP contribution in [0.3, 0.4) is 0 Å². The first-order chi connectivity index (χ1) is 9.04. The lowest BCUT2D eigenvalue weighted by atomic mass is 9.79. The smallest absolute Gasteiger partial charge is 0.236 e. The average molecular weight is 270 g/mol. The van der Waals surface area contributed by atoms with Gasteiger partial charge in [0.25, 0.3) is 0 Å². The van der Waals surface area contributed by atoms with E-state index in [-0.39, 0.29) is 11.9 Å². The topological polar surface area (TPSA) is 50.4 Å². The van der Waals surface area contributed by atoms with Crippen molar-refractivity contribution in [3.63, 3.8) is 0 Å². The van der Waals surface area contributed by atoms with Crippen LogP contribution in [0.5, 0.6) is 0 Å². The van der Waals surface area contributed by atoms with Crippen LogP contribution in [0.25, 0.3) is 0 Å². The van der Waals surface area contributed by atoms with E-state index in [2.05, 4.69) is 24.5 Å². The molecule has 0 saturated heterocycles. The molecule has 1 aliphatic rings. The summed E-state index contributed by atoms with van der Waals surface area (Å²) < 4.78 is 4.93. The highest BCUT2D eigenvalue weighted by molar-refractivity contribution is 5.81.